The van der Waals surface area contributed by atoms with E-state index in [1.54, 1.807) is 17.7 Å². The van der Waals surface area contributed by atoms with Crippen LogP contribution in [0.3, 0.4) is 0 Å². The summed E-state index contributed by atoms with van der Waals surface area (Å²) < 4.78 is 1.16. The highest BCUT2D eigenvalue weighted by Crippen LogP contribution is 2.31. The largest absolute Gasteiger partial charge is 0.465 e. The normalized spacial score (nSPS) is 16.3. The summed E-state index contributed by atoms with van der Waals surface area (Å²) in [5.41, 5.74) is 1.01. The molecule has 1 aliphatic heterocycles. The van der Waals surface area contributed by atoms with Gasteiger partial charge in [-0.05, 0) is 36.6 Å². The van der Waals surface area contributed by atoms with E-state index < -0.39 is 6.09 Å². The van der Waals surface area contributed by atoms with Crippen molar-refractivity contribution in [3.63, 3.8) is 0 Å². The SMILES string of the molecule is O=C(O)NCCC1CCN(c2ncnc3ccsc23)CC1. The summed E-state index contributed by atoms with van der Waals surface area (Å²) in [5.74, 6) is 1.63. The molecule has 1 amide bonds. The Morgan fingerprint density at radius 1 is 1.43 bits per heavy atom. The lowest BCUT2D eigenvalue weighted by Crippen LogP contribution is -2.35. The van der Waals surface area contributed by atoms with Gasteiger partial charge in [0.25, 0.3) is 0 Å². The van der Waals surface area contributed by atoms with Crippen molar-refractivity contribution >= 4 is 33.5 Å². The number of fused-ring (bicyclic) bond motifs is 1. The van der Waals surface area contributed by atoms with Gasteiger partial charge >= 0.3 is 6.09 Å². The molecular weight excluding hydrogens is 288 g/mol. The Bertz CT molecular complexity index is 622. The summed E-state index contributed by atoms with van der Waals surface area (Å²) in [6.07, 6.45) is 3.77. The predicted molar refractivity (Wildman–Crippen MR) is 83.0 cm³/mol. The maximum atomic E-state index is 10.4. The van der Waals surface area contributed by atoms with E-state index in [9.17, 15) is 4.79 Å². The average Bonchev–Trinajstić information content (AvgIpc) is 2.96. The van der Waals surface area contributed by atoms with E-state index in [2.05, 4.69) is 20.2 Å². The molecule has 7 heteroatoms. The molecule has 21 heavy (non-hydrogen) atoms. The summed E-state index contributed by atoms with van der Waals surface area (Å²) in [7, 11) is 0. The third-order valence-corrected chi connectivity index (χ3v) is 4.87. The Morgan fingerprint density at radius 3 is 3.00 bits per heavy atom. The molecule has 3 rings (SSSR count). The van der Waals surface area contributed by atoms with Crippen molar-refractivity contribution in [2.45, 2.75) is 19.3 Å². The highest BCUT2D eigenvalue weighted by atomic mass is 32.1. The van der Waals surface area contributed by atoms with Crippen molar-refractivity contribution in [3.05, 3.63) is 17.8 Å². The van der Waals surface area contributed by atoms with Crippen LogP contribution in [0.2, 0.25) is 0 Å². The second-order valence-corrected chi connectivity index (χ2v) is 6.20. The van der Waals surface area contributed by atoms with Gasteiger partial charge in [-0.15, -0.1) is 11.3 Å². The second kappa shape index (κ2) is 6.26. The number of nitrogens with one attached hydrogen (secondary N) is 1. The number of amides is 1. The Morgan fingerprint density at radius 2 is 2.24 bits per heavy atom. The number of carboxylic acid groups (broad SMARTS) is 1. The lowest BCUT2D eigenvalue weighted by molar-refractivity contribution is 0.193. The molecule has 0 unspecified atom stereocenters. The topological polar surface area (TPSA) is 78.4 Å². The van der Waals surface area contributed by atoms with E-state index in [0.717, 1.165) is 48.4 Å². The fourth-order valence-electron chi connectivity index (χ4n) is 2.82. The van der Waals surface area contributed by atoms with Crippen LogP contribution in [0.25, 0.3) is 10.2 Å². The summed E-state index contributed by atoms with van der Waals surface area (Å²) in [5, 5.41) is 13.1. The molecule has 2 aromatic heterocycles. The Kier molecular flexibility index (Phi) is 4.19. The number of aromatic nitrogens is 2. The van der Waals surface area contributed by atoms with E-state index in [1.807, 2.05) is 11.4 Å². The molecule has 0 radical (unpaired) electrons. The van der Waals surface area contributed by atoms with Gasteiger partial charge in [-0.1, -0.05) is 0 Å². The van der Waals surface area contributed by atoms with Gasteiger partial charge in [0, 0.05) is 19.6 Å². The third kappa shape index (κ3) is 3.24. The lowest BCUT2D eigenvalue weighted by atomic mass is 9.93. The predicted octanol–water partition coefficient (Wildman–Crippen LogP) is 2.57. The molecule has 2 N–H and O–H groups in total. The van der Waals surface area contributed by atoms with Crippen LogP contribution in [0.5, 0.6) is 0 Å². The first-order valence-corrected chi connectivity index (χ1v) is 8.02. The number of piperidine rings is 1. The van der Waals surface area contributed by atoms with Crippen molar-refractivity contribution in [3.8, 4) is 0 Å². The van der Waals surface area contributed by atoms with Crippen molar-refractivity contribution in [2.24, 2.45) is 5.92 Å². The van der Waals surface area contributed by atoms with Gasteiger partial charge in [0.15, 0.2) is 0 Å². The quantitative estimate of drug-likeness (QED) is 0.907. The highest BCUT2D eigenvalue weighted by Gasteiger charge is 2.21. The van der Waals surface area contributed by atoms with Crippen LogP contribution in [0.4, 0.5) is 10.6 Å². The zero-order chi connectivity index (χ0) is 14.7. The fourth-order valence-corrected chi connectivity index (χ4v) is 3.68. The van der Waals surface area contributed by atoms with Gasteiger partial charge < -0.3 is 15.3 Å². The summed E-state index contributed by atoms with van der Waals surface area (Å²) >= 11 is 1.68. The minimum atomic E-state index is -0.937. The number of hydrogen-bond donors (Lipinski definition) is 2. The van der Waals surface area contributed by atoms with Crippen LogP contribution in [0.15, 0.2) is 17.8 Å². The van der Waals surface area contributed by atoms with Gasteiger partial charge in [-0.25, -0.2) is 14.8 Å². The first kappa shape index (κ1) is 14.1. The van der Waals surface area contributed by atoms with Crippen LogP contribution >= 0.6 is 11.3 Å². The number of hydrogen-bond acceptors (Lipinski definition) is 5. The van der Waals surface area contributed by atoms with Crippen molar-refractivity contribution < 1.29 is 9.90 Å². The molecule has 0 aliphatic carbocycles. The lowest BCUT2D eigenvalue weighted by Gasteiger charge is -2.32. The summed E-state index contributed by atoms with van der Waals surface area (Å²) in [6.45, 7) is 2.49. The molecule has 3 heterocycles. The molecule has 0 spiro atoms. The molecule has 1 fully saturated rings. The van der Waals surface area contributed by atoms with Crippen LogP contribution in [-0.2, 0) is 0 Å². The molecule has 1 aliphatic rings. The second-order valence-electron chi connectivity index (χ2n) is 5.28. The maximum absolute atomic E-state index is 10.4. The number of nitrogens with zero attached hydrogens (tertiary/aromatic N) is 3. The zero-order valence-electron chi connectivity index (χ0n) is 11.7. The highest BCUT2D eigenvalue weighted by molar-refractivity contribution is 7.17. The molecule has 0 bridgehead atoms. The molecule has 6 nitrogen and oxygen atoms in total. The number of rotatable bonds is 4. The van der Waals surface area contributed by atoms with Crippen molar-refractivity contribution in [2.75, 3.05) is 24.5 Å². The molecule has 112 valence electrons. The molecule has 0 saturated carbocycles. The summed E-state index contributed by atoms with van der Waals surface area (Å²) in [6, 6.07) is 2.02. The van der Waals surface area contributed by atoms with Crippen LogP contribution in [0.1, 0.15) is 19.3 Å². The van der Waals surface area contributed by atoms with Gasteiger partial charge in [-0.3, -0.25) is 0 Å². The van der Waals surface area contributed by atoms with E-state index >= 15 is 0 Å². The van der Waals surface area contributed by atoms with Crippen LogP contribution in [-0.4, -0.2) is 40.8 Å². The molecule has 0 atom stereocenters. The van der Waals surface area contributed by atoms with Crippen LogP contribution < -0.4 is 10.2 Å². The van der Waals surface area contributed by atoms with Crippen molar-refractivity contribution in [1.29, 1.82) is 0 Å². The van der Waals surface area contributed by atoms with E-state index in [4.69, 9.17) is 5.11 Å². The summed E-state index contributed by atoms with van der Waals surface area (Å²) in [4.78, 5) is 21.5. The van der Waals surface area contributed by atoms with Gasteiger partial charge in [0.2, 0.25) is 0 Å². The number of anilines is 1. The Labute approximate surface area is 126 Å². The number of thiophene rings is 1. The average molecular weight is 306 g/mol. The Balaban J connectivity index is 1.58. The standard InChI is InChI=1S/C14H18N4O2S/c19-14(20)15-5-1-10-2-6-18(7-3-10)13-12-11(4-8-21-12)16-9-17-13/h4,8-10,15H,1-3,5-7H2,(H,19,20). The first-order valence-electron chi connectivity index (χ1n) is 7.14. The molecule has 1 saturated heterocycles. The van der Waals surface area contributed by atoms with Crippen LogP contribution in [0, 0.1) is 5.92 Å². The smallest absolute Gasteiger partial charge is 0.404 e. The monoisotopic (exact) mass is 306 g/mol. The molecular formula is C14H18N4O2S. The van der Waals surface area contributed by atoms with E-state index in [1.165, 1.54) is 0 Å². The van der Waals surface area contributed by atoms with E-state index in [0.29, 0.717) is 12.5 Å². The molecule has 0 aromatic carbocycles. The number of carbonyl (C=O) groups is 1. The fraction of sp³-hybridized carbons (Fsp3) is 0.500. The zero-order valence-corrected chi connectivity index (χ0v) is 12.5. The minimum absolute atomic E-state index is 0.544. The van der Waals surface area contributed by atoms with Crippen molar-refractivity contribution in [1.82, 2.24) is 15.3 Å². The third-order valence-electron chi connectivity index (χ3n) is 3.97. The molecule has 2 aromatic rings. The minimum Gasteiger partial charge on any atom is -0.465 e. The maximum Gasteiger partial charge on any atom is 0.404 e. The van der Waals surface area contributed by atoms with E-state index in [-0.39, 0.29) is 0 Å². The van der Waals surface area contributed by atoms with Gasteiger partial charge in [0.05, 0.1) is 10.2 Å². The first-order chi connectivity index (χ1) is 10.2. The Hall–Kier alpha value is -1.89. The van der Waals surface area contributed by atoms with Gasteiger partial charge in [-0.2, -0.15) is 0 Å². The van der Waals surface area contributed by atoms with Gasteiger partial charge in [0.1, 0.15) is 12.1 Å².